The lowest BCUT2D eigenvalue weighted by atomic mass is 10.1. The Morgan fingerprint density at radius 1 is 1.10 bits per heavy atom. The van der Waals surface area contributed by atoms with Crippen molar-refractivity contribution in [2.75, 3.05) is 7.11 Å². The number of nitrogens with zero attached hydrogens (tertiary/aromatic N) is 4. The van der Waals surface area contributed by atoms with E-state index in [-0.39, 0.29) is 0 Å². The molecule has 2 aromatic heterocycles. The van der Waals surface area contributed by atoms with E-state index in [2.05, 4.69) is 57.0 Å². The molecule has 0 unspecified atom stereocenters. The fourth-order valence-corrected chi connectivity index (χ4v) is 3.21. The maximum Gasteiger partial charge on any atom is 0.227 e. The van der Waals surface area contributed by atoms with Crippen molar-refractivity contribution in [1.82, 2.24) is 19.7 Å². The van der Waals surface area contributed by atoms with Gasteiger partial charge in [0.1, 0.15) is 11.2 Å². The number of aromatic nitrogens is 4. The quantitative estimate of drug-likeness (QED) is 0.712. The van der Waals surface area contributed by atoms with Crippen LogP contribution < -0.4 is 4.74 Å². The van der Waals surface area contributed by atoms with Crippen molar-refractivity contribution in [3.63, 3.8) is 0 Å². The van der Waals surface area contributed by atoms with Gasteiger partial charge in [0.05, 0.1) is 12.8 Å². The van der Waals surface area contributed by atoms with Gasteiger partial charge in [0.2, 0.25) is 5.88 Å². The van der Waals surface area contributed by atoms with Gasteiger partial charge >= 0.3 is 0 Å². The Morgan fingerprint density at radius 2 is 1.76 bits per heavy atom. The van der Waals surface area contributed by atoms with E-state index in [1.165, 1.54) is 0 Å². The summed E-state index contributed by atoms with van der Waals surface area (Å²) in [5.41, 5.74) is 3.97. The van der Waals surface area contributed by atoms with E-state index in [0.717, 1.165) is 26.7 Å². The van der Waals surface area contributed by atoms with E-state index in [1.807, 2.05) is 17.8 Å². The molecule has 0 N–H and O–H groups in total. The maximum absolute atomic E-state index is 5.33. The third-order valence-electron chi connectivity index (χ3n) is 3.33. The molecule has 0 bridgehead atoms. The average Bonchev–Trinajstić information content (AvgIpc) is 2.79. The lowest BCUT2D eigenvalue weighted by Crippen LogP contribution is -2.00. The van der Waals surface area contributed by atoms with Crippen LogP contribution in [-0.4, -0.2) is 26.9 Å². The number of aryl methyl sites for hydroxylation is 3. The highest BCUT2D eigenvalue weighted by atomic mass is 79.9. The molecule has 0 atom stereocenters. The number of rotatable bonds is 2. The van der Waals surface area contributed by atoms with Gasteiger partial charge in [-0.25, -0.2) is 9.67 Å². The van der Waals surface area contributed by atoms with E-state index >= 15 is 0 Å². The Hall–Kier alpha value is -1.95. The fourth-order valence-electron chi connectivity index (χ4n) is 2.52. The van der Waals surface area contributed by atoms with Crippen molar-refractivity contribution in [2.24, 2.45) is 0 Å². The van der Waals surface area contributed by atoms with Gasteiger partial charge in [-0.05, 0) is 44.0 Å². The molecule has 3 rings (SSSR count). The van der Waals surface area contributed by atoms with Crippen LogP contribution >= 0.6 is 15.9 Å². The lowest BCUT2D eigenvalue weighted by Gasteiger charge is -2.10. The van der Waals surface area contributed by atoms with Crippen LogP contribution in [0.15, 0.2) is 22.8 Å². The molecule has 0 saturated heterocycles. The number of halogens is 1. The van der Waals surface area contributed by atoms with Gasteiger partial charge in [-0.1, -0.05) is 15.9 Å². The van der Waals surface area contributed by atoms with Crippen molar-refractivity contribution >= 4 is 27.0 Å². The average molecular weight is 347 g/mol. The summed E-state index contributed by atoms with van der Waals surface area (Å²) in [4.78, 5) is 8.67. The van der Waals surface area contributed by atoms with Crippen LogP contribution in [-0.2, 0) is 0 Å². The monoisotopic (exact) mass is 346 g/mol. The standard InChI is InChI=1S/C15H15BrN4O/c1-8-5-11(16)6-9(2)13(8)20-7-12-14(19-20)17-10(3)18-15(12)21-4/h5-7H,1-4H3. The summed E-state index contributed by atoms with van der Waals surface area (Å²) in [6.45, 7) is 5.96. The van der Waals surface area contributed by atoms with Crippen LogP contribution in [0, 0.1) is 20.8 Å². The molecule has 0 aliphatic carbocycles. The van der Waals surface area contributed by atoms with Crippen molar-refractivity contribution in [3.8, 4) is 11.6 Å². The van der Waals surface area contributed by atoms with Crippen LogP contribution in [0.3, 0.4) is 0 Å². The normalized spacial score (nSPS) is 11.1. The Balaban J connectivity index is 2.27. The first-order valence-electron chi connectivity index (χ1n) is 6.54. The van der Waals surface area contributed by atoms with E-state index in [1.54, 1.807) is 7.11 Å². The van der Waals surface area contributed by atoms with Gasteiger partial charge in [-0.15, -0.1) is 5.10 Å². The molecule has 108 valence electrons. The zero-order valence-corrected chi connectivity index (χ0v) is 13.9. The van der Waals surface area contributed by atoms with Gasteiger partial charge in [-0.2, -0.15) is 4.98 Å². The molecule has 5 nitrogen and oxygen atoms in total. The highest BCUT2D eigenvalue weighted by Gasteiger charge is 2.14. The molecule has 0 saturated carbocycles. The third kappa shape index (κ3) is 2.40. The van der Waals surface area contributed by atoms with Crippen LogP contribution in [0.5, 0.6) is 5.88 Å². The maximum atomic E-state index is 5.33. The minimum Gasteiger partial charge on any atom is -0.480 e. The van der Waals surface area contributed by atoms with Crippen LogP contribution in [0.25, 0.3) is 16.7 Å². The van der Waals surface area contributed by atoms with Crippen molar-refractivity contribution in [2.45, 2.75) is 20.8 Å². The molecular weight excluding hydrogens is 332 g/mol. The first-order chi connectivity index (χ1) is 9.99. The molecule has 0 amide bonds. The molecule has 0 aliphatic rings. The van der Waals surface area contributed by atoms with E-state index in [4.69, 9.17) is 4.74 Å². The molecule has 6 heteroatoms. The number of methoxy groups -OCH3 is 1. The van der Waals surface area contributed by atoms with Crippen LogP contribution in [0.2, 0.25) is 0 Å². The predicted octanol–water partition coefficient (Wildman–Crippen LogP) is 3.51. The Morgan fingerprint density at radius 3 is 2.38 bits per heavy atom. The second kappa shape index (κ2) is 5.11. The summed E-state index contributed by atoms with van der Waals surface area (Å²) in [5, 5.41) is 5.38. The molecule has 3 aromatic rings. The first-order valence-corrected chi connectivity index (χ1v) is 7.34. The minimum absolute atomic E-state index is 0.552. The number of hydrogen-bond donors (Lipinski definition) is 0. The summed E-state index contributed by atoms with van der Waals surface area (Å²) >= 11 is 3.51. The highest BCUT2D eigenvalue weighted by molar-refractivity contribution is 9.10. The molecule has 0 fully saturated rings. The van der Waals surface area contributed by atoms with Crippen LogP contribution in [0.4, 0.5) is 0 Å². The second-order valence-corrected chi connectivity index (χ2v) is 5.89. The van der Waals surface area contributed by atoms with Gasteiger partial charge in [0, 0.05) is 10.7 Å². The zero-order chi connectivity index (χ0) is 15.1. The summed E-state index contributed by atoms with van der Waals surface area (Å²) in [7, 11) is 1.61. The second-order valence-electron chi connectivity index (χ2n) is 4.98. The zero-order valence-electron chi connectivity index (χ0n) is 12.3. The molecule has 0 radical (unpaired) electrons. The predicted molar refractivity (Wildman–Crippen MR) is 85.1 cm³/mol. The number of fused-ring (bicyclic) bond motifs is 1. The third-order valence-corrected chi connectivity index (χ3v) is 3.79. The summed E-state index contributed by atoms with van der Waals surface area (Å²) in [6.07, 6.45) is 1.91. The molecule has 2 heterocycles. The van der Waals surface area contributed by atoms with Crippen molar-refractivity contribution < 1.29 is 4.74 Å². The lowest BCUT2D eigenvalue weighted by molar-refractivity contribution is 0.401. The smallest absolute Gasteiger partial charge is 0.227 e. The van der Waals surface area contributed by atoms with Crippen molar-refractivity contribution in [1.29, 1.82) is 0 Å². The van der Waals surface area contributed by atoms with Gasteiger partial charge < -0.3 is 4.74 Å². The number of hydrogen-bond acceptors (Lipinski definition) is 4. The Bertz CT molecular complexity index is 818. The van der Waals surface area contributed by atoms with Gasteiger partial charge in [-0.3, -0.25) is 0 Å². The fraction of sp³-hybridized carbons (Fsp3) is 0.267. The van der Waals surface area contributed by atoms with Crippen LogP contribution in [0.1, 0.15) is 17.0 Å². The highest BCUT2D eigenvalue weighted by Crippen LogP contribution is 2.27. The summed E-state index contributed by atoms with van der Waals surface area (Å²) in [6, 6.07) is 4.14. The molecular formula is C15H15BrN4O. The van der Waals surface area contributed by atoms with E-state index < -0.39 is 0 Å². The van der Waals surface area contributed by atoms with E-state index in [0.29, 0.717) is 17.4 Å². The molecule has 0 aliphatic heterocycles. The first kappa shape index (κ1) is 14.0. The Kier molecular flexibility index (Phi) is 3.41. The topological polar surface area (TPSA) is 52.8 Å². The Labute approximate surface area is 131 Å². The van der Waals surface area contributed by atoms with Gasteiger partial charge in [0.15, 0.2) is 5.65 Å². The van der Waals surface area contributed by atoms with Gasteiger partial charge in [0.25, 0.3) is 0 Å². The molecule has 0 spiro atoms. The van der Waals surface area contributed by atoms with Crippen molar-refractivity contribution in [3.05, 3.63) is 39.8 Å². The molecule has 21 heavy (non-hydrogen) atoms. The largest absolute Gasteiger partial charge is 0.480 e. The number of ether oxygens (including phenoxy) is 1. The number of benzene rings is 1. The molecule has 1 aromatic carbocycles. The SMILES string of the molecule is COc1nc(C)nc2nn(-c3c(C)cc(Br)cc3C)cc12. The summed E-state index contributed by atoms with van der Waals surface area (Å²) in [5.74, 6) is 1.20. The van der Waals surface area contributed by atoms with E-state index in [9.17, 15) is 0 Å². The summed E-state index contributed by atoms with van der Waals surface area (Å²) < 4.78 is 8.23. The minimum atomic E-state index is 0.552.